The summed E-state index contributed by atoms with van der Waals surface area (Å²) in [5, 5.41) is 6.69. The highest BCUT2D eigenvalue weighted by atomic mass is 16.6. The molecule has 2 fully saturated rings. The lowest BCUT2D eigenvalue weighted by atomic mass is 9.57. The fourth-order valence-electron chi connectivity index (χ4n) is 3.90. The van der Waals surface area contributed by atoms with Crippen LogP contribution in [0.5, 0.6) is 0 Å². The molecule has 4 atom stereocenters. The number of amides is 1. The Balaban J connectivity index is 1.87. The first-order chi connectivity index (χ1) is 10.5. The third-order valence-electron chi connectivity index (χ3n) is 5.17. The van der Waals surface area contributed by atoms with Gasteiger partial charge in [-0.25, -0.2) is 4.79 Å². The van der Waals surface area contributed by atoms with Gasteiger partial charge in [0.2, 0.25) is 0 Å². The third kappa shape index (κ3) is 4.18. The smallest absolute Gasteiger partial charge is 0.407 e. The predicted octanol–water partition coefficient (Wildman–Crippen LogP) is 2.94. The van der Waals surface area contributed by atoms with Gasteiger partial charge in [0.25, 0.3) is 0 Å². The molecule has 5 nitrogen and oxygen atoms in total. The minimum absolute atomic E-state index is 0.0574. The Hall–Kier alpha value is -0.810. The van der Waals surface area contributed by atoms with Crippen LogP contribution in [0.2, 0.25) is 0 Å². The van der Waals surface area contributed by atoms with Crippen LogP contribution >= 0.6 is 0 Å². The Bertz CT molecular complexity index is 428. The van der Waals surface area contributed by atoms with E-state index < -0.39 is 5.60 Å². The molecule has 0 aromatic carbocycles. The van der Waals surface area contributed by atoms with Crippen LogP contribution in [0.4, 0.5) is 4.79 Å². The first-order valence-corrected chi connectivity index (χ1v) is 8.87. The zero-order valence-electron chi connectivity index (χ0n) is 15.7. The average molecular weight is 326 g/mol. The van der Waals surface area contributed by atoms with Gasteiger partial charge in [-0.3, -0.25) is 0 Å². The lowest BCUT2D eigenvalue weighted by molar-refractivity contribution is -0.113. The lowest BCUT2D eigenvalue weighted by Crippen LogP contribution is -2.67. The van der Waals surface area contributed by atoms with Gasteiger partial charge in [0.15, 0.2) is 0 Å². The summed E-state index contributed by atoms with van der Waals surface area (Å²) in [4.78, 5) is 12.0. The zero-order valence-corrected chi connectivity index (χ0v) is 15.7. The van der Waals surface area contributed by atoms with E-state index in [0.717, 1.165) is 19.6 Å². The van der Waals surface area contributed by atoms with Crippen molar-refractivity contribution in [3.63, 3.8) is 0 Å². The molecule has 0 bridgehead atoms. The second kappa shape index (κ2) is 6.60. The molecular formula is C18H34N2O3. The van der Waals surface area contributed by atoms with Gasteiger partial charge in [-0.2, -0.15) is 0 Å². The molecule has 0 radical (unpaired) electrons. The number of carbonyl (C=O) groups excluding carboxylic acids is 1. The van der Waals surface area contributed by atoms with E-state index in [0.29, 0.717) is 24.0 Å². The van der Waals surface area contributed by atoms with Crippen LogP contribution in [0.1, 0.15) is 54.9 Å². The minimum Gasteiger partial charge on any atom is -0.444 e. The normalized spacial score (nSPS) is 30.5. The fourth-order valence-corrected chi connectivity index (χ4v) is 3.90. The van der Waals surface area contributed by atoms with Gasteiger partial charge in [-0.1, -0.05) is 27.7 Å². The molecule has 1 heterocycles. The highest BCUT2D eigenvalue weighted by molar-refractivity contribution is 5.68. The van der Waals surface area contributed by atoms with Crippen molar-refractivity contribution in [1.29, 1.82) is 0 Å². The second-order valence-electron chi connectivity index (χ2n) is 8.95. The van der Waals surface area contributed by atoms with E-state index in [9.17, 15) is 4.79 Å². The SMILES string of the molecule is CC(C)C(CNC1C2CCOC2C1(C)C)NC(=O)OC(C)(C)C. The van der Waals surface area contributed by atoms with E-state index in [-0.39, 0.29) is 17.6 Å². The summed E-state index contributed by atoms with van der Waals surface area (Å²) in [7, 11) is 0. The van der Waals surface area contributed by atoms with Gasteiger partial charge < -0.3 is 20.1 Å². The van der Waals surface area contributed by atoms with Crippen LogP contribution in [0, 0.1) is 17.3 Å². The van der Waals surface area contributed by atoms with Crippen LogP contribution in [-0.4, -0.2) is 43.0 Å². The number of carbonyl (C=O) groups is 1. The monoisotopic (exact) mass is 326 g/mol. The van der Waals surface area contributed by atoms with Gasteiger partial charge in [0, 0.05) is 36.6 Å². The van der Waals surface area contributed by atoms with Crippen LogP contribution in [-0.2, 0) is 9.47 Å². The van der Waals surface area contributed by atoms with Gasteiger partial charge in [-0.05, 0) is 33.1 Å². The van der Waals surface area contributed by atoms with Crippen molar-refractivity contribution in [3.05, 3.63) is 0 Å². The van der Waals surface area contributed by atoms with Gasteiger partial charge in [0.05, 0.1) is 6.10 Å². The maximum Gasteiger partial charge on any atom is 0.407 e. The van der Waals surface area contributed by atoms with Crippen molar-refractivity contribution in [2.75, 3.05) is 13.2 Å². The first-order valence-electron chi connectivity index (χ1n) is 8.87. The summed E-state index contributed by atoms with van der Waals surface area (Å²) >= 11 is 0. The molecule has 0 aromatic rings. The Morgan fingerprint density at radius 3 is 2.57 bits per heavy atom. The van der Waals surface area contributed by atoms with Gasteiger partial charge in [-0.15, -0.1) is 0 Å². The molecule has 1 aliphatic heterocycles. The van der Waals surface area contributed by atoms with E-state index >= 15 is 0 Å². The van der Waals surface area contributed by atoms with E-state index in [1.54, 1.807) is 0 Å². The summed E-state index contributed by atoms with van der Waals surface area (Å²) < 4.78 is 11.2. The molecular weight excluding hydrogens is 292 g/mol. The van der Waals surface area contributed by atoms with Gasteiger partial charge >= 0.3 is 6.09 Å². The Labute approximate surface area is 140 Å². The highest BCUT2D eigenvalue weighted by Gasteiger charge is 2.59. The average Bonchev–Trinajstić information content (AvgIpc) is 2.81. The molecule has 1 saturated heterocycles. The molecule has 134 valence electrons. The van der Waals surface area contributed by atoms with E-state index in [1.165, 1.54) is 0 Å². The number of fused-ring (bicyclic) bond motifs is 1. The number of hydrogen-bond acceptors (Lipinski definition) is 4. The quantitative estimate of drug-likeness (QED) is 0.815. The maximum absolute atomic E-state index is 12.0. The van der Waals surface area contributed by atoms with Crippen molar-refractivity contribution in [3.8, 4) is 0 Å². The Kier molecular flexibility index (Phi) is 5.31. The van der Waals surface area contributed by atoms with Crippen molar-refractivity contribution >= 4 is 6.09 Å². The zero-order chi connectivity index (χ0) is 17.4. The van der Waals surface area contributed by atoms with Gasteiger partial charge in [0.1, 0.15) is 5.60 Å². The number of ether oxygens (including phenoxy) is 2. The number of rotatable bonds is 5. The highest BCUT2D eigenvalue weighted by Crippen LogP contribution is 2.52. The molecule has 0 aromatic heterocycles. The van der Waals surface area contributed by atoms with Crippen LogP contribution < -0.4 is 10.6 Å². The first kappa shape index (κ1) is 18.5. The second-order valence-corrected chi connectivity index (χ2v) is 8.95. The molecule has 1 aliphatic carbocycles. The summed E-state index contributed by atoms with van der Waals surface area (Å²) in [5.41, 5.74) is -0.308. The van der Waals surface area contributed by atoms with E-state index in [2.05, 4.69) is 38.3 Å². The number of alkyl carbamates (subject to hydrolysis) is 1. The molecule has 0 spiro atoms. The standard InChI is InChI=1S/C18H34N2O3/c1-11(2)13(20-16(21)23-17(3,4)5)10-19-14-12-8-9-22-15(12)18(14,6)7/h11-15,19H,8-10H2,1-7H3,(H,20,21). The maximum atomic E-state index is 12.0. The summed E-state index contributed by atoms with van der Waals surface area (Å²) in [6, 6.07) is 0.513. The van der Waals surface area contributed by atoms with Crippen LogP contribution in [0.15, 0.2) is 0 Å². The van der Waals surface area contributed by atoms with Crippen LogP contribution in [0.3, 0.4) is 0 Å². The summed E-state index contributed by atoms with van der Waals surface area (Å²) in [5.74, 6) is 0.952. The summed E-state index contributed by atoms with van der Waals surface area (Å²) in [6.07, 6.45) is 1.18. The molecule has 2 aliphatic rings. The van der Waals surface area contributed by atoms with Crippen molar-refractivity contribution in [2.45, 2.75) is 78.7 Å². The molecule has 2 rings (SSSR count). The molecule has 1 amide bonds. The Morgan fingerprint density at radius 2 is 2.00 bits per heavy atom. The minimum atomic E-state index is -0.469. The number of nitrogens with one attached hydrogen (secondary N) is 2. The molecule has 1 saturated carbocycles. The molecule has 2 N–H and O–H groups in total. The van der Waals surface area contributed by atoms with E-state index in [4.69, 9.17) is 9.47 Å². The lowest BCUT2D eigenvalue weighted by Gasteiger charge is -2.55. The fraction of sp³-hybridized carbons (Fsp3) is 0.944. The Morgan fingerprint density at radius 1 is 1.35 bits per heavy atom. The van der Waals surface area contributed by atoms with Crippen molar-refractivity contribution in [1.82, 2.24) is 10.6 Å². The van der Waals surface area contributed by atoms with E-state index in [1.807, 2.05) is 20.8 Å². The van der Waals surface area contributed by atoms with Crippen LogP contribution in [0.25, 0.3) is 0 Å². The van der Waals surface area contributed by atoms with Crippen molar-refractivity contribution in [2.24, 2.45) is 17.3 Å². The molecule has 4 unspecified atom stereocenters. The topological polar surface area (TPSA) is 59.6 Å². The largest absolute Gasteiger partial charge is 0.444 e. The number of hydrogen-bond donors (Lipinski definition) is 2. The van der Waals surface area contributed by atoms with Crippen molar-refractivity contribution < 1.29 is 14.3 Å². The third-order valence-corrected chi connectivity index (χ3v) is 5.17. The molecule has 23 heavy (non-hydrogen) atoms. The predicted molar refractivity (Wildman–Crippen MR) is 91.4 cm³/mol. The molecule has 5 heteroatoms. The summed E-state index contributed by atoms with van der Waals surface area (Å²) in [6.45, 7) is 16.1.